The summed E-state index contributed by atoms with van der Waals surface area (Å²) in [4.78, 5) is 70.2. The molecular formula is C13H26N2O11P2. The van der Waals surface area contributed by atoms with Crippen LogP contribution < -0.4 is 10.6 Å². The quantitative estimate of drug-likeness (QED) is 0.132. The van der Waals surface area contributed by atoms with Crippen LogP contribution in [0.3, 0.4) is 0 Å². The zero-order valence-corrected chi connectivity index (χ0v) is 17.1. The van der Waals surface area contributed by atoms with E-state index in [1.165, 1.54) is 0 Å². The second-order valence-electron chi connectivity index (χ2n) is 6.44. The van der Waals surface area contributed by atoms with E-state index in [-0.39, 0.29) is 31.7 Å². The fraction of sp³-hybridized carbons (Fsp3) is 0.769. The van der Waals surface area contributed by atoms with Crippen molar-refractivity contribution < 1.29 is 53.3 Å². The second-order valence-corrected chi connectivity index (χ2v) is 10.5. The minimum atomic E-state index is -5.55. The number of nitrogens with one attached hydrogen (secondary N) is 2. The van der Waals surface area contributed by atoms with Crippen LogP contribution >= 0.6 is 15.2 Å². The lowest BCUT2D eigenvalue weighted by Gasteiger charge is -2.29. The average Bonchev–Trinajstić information content (AvgIpc) is 2.51. The van der Waals surface area contributed by atoms with Crippen molar-refractivity contribution in [1.82, 2.24) is 10.6 Å². The van der Waals surface area contributed by atoms with E-state index < -0.39 is 50.5 Å². The number of hydrogen-bond acceptors (Lipinski definition) is 6. The van der Waals surface area contributed by atoms with Gasteiger partial charge in [-0.05, 0) is 12.3 Å². The van der Waals surface area contributed by atoms with Gasteiger partial charge in [-0.1, -0.05) is 13.8 Å². The monoisotopic (exact) mass is 448 g/mol. The third-order valence-corrected chi connectivity index (χ3v) is 7.65. The predicted octanol–water partition coefficient (Wildman–Crippen LogP) is -1.11. The summed E-state index contributed by atoms with van der Waals surface area (Å²) in [5, 5.41) is 19.6. The number of carbonyl (C=O) groups is 3. The number of carboxylic acid groups (broad SMARTS) is 1. The molecule has 0 saturated carbocycles. The van der Waals surface area contributed by atoms with Gasteiger partial charge in [0.1, 0.15) is 6.04 Å². The number of carbonyl (C=O) groups excluding carboxylic acids is 2. The summed E-state index contributed by atoms with van der Waals surface area (Å²) >= 11 is 0. The maximum Gasteiger partial charge on any atom is 0.369 e. The van der Waals surface area contributed by atoms with Crippen LogP contribution in [-0.4, -0.2) is 65.2 Å². The van der Waals surface area contributed by atoms with Gasteiger partial charge in [0.25, 0.3) is 5.08 Å². The molecule has 0 rings (SSSR count). The summed E-state index contributed by atoms with van der Waals surface area (Å²) in [6.07, 6.45) is -1.95. The first-order valence-corrected chi connectivity index (χ1v) is 11.4. The molecule has 0 aromatic carbocycles. The van der Waals surface area contributed by atoms with E-state index in [4.69, 9.17) is 24.7 Å². The van der Waals surface area contributed by atoms with Crippen molar-refractivity contribution in [2.24, 2.45) is 5.92 Å². The summed E-state index contributed by atoms with van der Waals surface area (Å²) in [5.41, 5.74) is 0. The lowest BCUT2D eigenvalue weighted by Crippen LogP contribution is -2.44. The second kappa shape index (κ2) is 10.4. The lowest BCUT2D eigenvalue weighted by atomic mass is 10.0. The van der Waals surface area contributed by atoms with Gasteiger partial charge in [0.2, 0.25) is 11.8 Å². The first-order valence-electron chi connectivity index (χ1n) is 8.15. The third-order valence-electron chi connectivity index (χ3n) is 3.77. The third kappa shape index (κ3) is 7.96. The van der Waals surface area contributed by atoms with Gasteiger partial charge in [-0.2, -0.15) is 0 Å². The Morgan fingerprint density at radius 3 is 1.82 bits per heavy atom. The van der Waals surface area contributed by atoms with Crippen LogP contribution in [-0.2, 0) is 23.5 Å². The first-order chi connectivity index (χ1) is 12.5. The van der Waals surface area contributed by atoms with Crippen LogP contribution in [0.15, 0.2) is 0 Å². The van der Waals surface area contributed by atoms with Crippen molar-refractivity contribution in [3.8, 4) is 0 Å². The maximum absolute atomic E-state index is 11.7. The van der Waals surface area contributed by atoms with Crippen LogP contribution in [0.1, 0.15) is 39.5 Å². The Kier molecular flexibility index (Phi) is 9.95. The van der Waals surface area contributed by atoms with Crippen molar-refractivity contribution in [3.63, 3.8) is 0 Å². The molecule has 0 aromatic rings. The van der Waals surface area contributed by atoms with Crippen LogP contribution in [0, 0.1) is 5.92 Å². The van der Waals surface area contributed by atoms with Gasteiger partial charge in [-0.25, -0.2) is 4.79 Å². The van der Waals surface area contributed by atoms with Gasteiger partial charge in [0.05, 0.1) is 0 Å². The van der Waals surface area contributed by atoms with Gasteiger partial charge < -0.3 is 40.4 Å². The average molecular weight is 448 g/mol. The minimum absolute atomic E-state index is 0.271. The molecule has 15 heteroatoms. The van der Waals surface area contributed by atoms with Crippen LogP contribution in [0.2, 0.25) is 0 Å². The van der Waals surface area contributed by atoms with Gasteiger partial charge >= 0.3 is 21.2 Å². The molecule has 0 unspecified atom stereocenters. The lowest BCUT2D eigenvalue weighted by molar-refractivity contribution is -0.143. The molecule has 28 heavy (non-hydrogen) atoms. The molecule has 0 heterocycles. The summed E-state index contributed by atoms with van der Waals surface area (Å²) in [5.74, 6) is -2.89. The normalized spacial score (nSPS) is 13.9. The molecule has 8 N–H and O–H groups in total. The van der Waals surface area contributed by atoms with E-state index in [1.807, 2.05) is 0 Å². The smallest absolute Gasteiger partial charge is 0.369 e. The largest absolute Gasteiger partial charge is 0.480 e. The Bertz CT molecular complexity index is 647. The Labute approximate surface area is 160 Å². The van der Waals surface area contributed by atoms with E-state index in [9.17, 15) is 28.6 Å². The van der Waals surface area contributed by atoms with Gasteiger partial charge in [0.15, 0.2) is 0 Å². The maximum atomic E-state index is 11.7. The summed E-state index contributed by atoms with van der Waals surface area (Å²) in [6, 6.07) is -1.10. The Morgan fingerprint density at radius 2 is 1.43 bits per heavy atom. The molecule has 0 aliphatic heterocycles. The van der Waals surface area contributed by atoms with E-state index in [0.717, 1.165) is 0 Å². The number of amides is 2. The number of carboxylic acids is 1. The van der Waals surface area contributed by atoms with Crippen LogP contribution in [0.25, 0.3) is 0 Å². The highest BCUT2D eigenvalue weighted by Crippen LogP contribution is 2.69. The molecule has 0 bridgehead atoms. The molecular weight excluding hydrogens is 422 g/mol. The van der Waals surface area contributed by atoms with Gasteiger partial charge in [0, 0.05) is 25.8 Å². The predicted molar refractivity (Wildman–Crippen MR) is 94.9 cm³/mol. The highest BCUT2D eigenvalue weighted by Gasteiger charge is 2.58. The summed E-state index contributed by atoms with van der Waals surface area (Å²) in [6.45, 7) is 2.93. The number of aliphatic carboxylic acids is 1. The molecule has 1 atom stereocenters. The van der Waals surface area contributed by atoms with Crippen molar-refractivity contribution in [3.05, 3.63) is 0 Å². The van der Waals surface area contributed by atoms with Gasteiger partial charge in [-0.15, -0.1) is 0 Å². The van der Waals surface area contributed by atoms with Crippen molar-refractivity contribution in [2.75, 3.05) is 6.54 Å². The van der Waals surface area contributed by atoms with E-state index in [1.54, 1.807) is 13.8 Å². The zero-order chi connectivity index (χ0) is 22.3. The molecule has 164 valence electrons. The first kappa shape index (κ1) is 26.7. The van der Waals surface area contributed by atoms with Gasteiger partial charge in [-0.3, -0.25) is 18.7 Å². The summed E-state index contributed by atoms with van der Waals surface area (Å²) in [7, 11) is -11.1. The molecule has 13 nitrogen and oxygen atoms in total. The standard InChI is InChI=1S/C13H26N2O11P2/c1-8(2)11(12(18)19)15-10(17)5-4-9(16)14-7-3-6-13(20,27(21,22)23)28(24,25)26/h8,11,20H,3-7H2,1-2H3,(H,14,16)(H,15,17)(H,18,19)(H2,21,22,23)(H2,24,25,26)/t11-/m0/s1. The molecule has 0 aliphatic rings. The Balaban J connectivity index is 4.44. The minimum Gasteiger partial charge on any atom is -0.480 e. The Morgan fingerprint density at radius 1 is 0.964 bits per heavy atom. The topological polar surface area (TPSA) is 231 Å². The highest BCUT2D eigenvalue weighted by molar-refractivity contribution is 7.72. The summed E-state index contributed by atoms with van der Waals surface area (Å²) < 4.78 is 22.3. The number of aliphatic hydroxyl groups is 1. The SMILES string of the molecule is CC(C)[C@H](NC(=O)CCC(=O)NCCCC(O)(P(=O)(O)O)P(=O)(O)O)C(=O)O. The number of rotatable bonds is 12. The van der Waals surface area contributed by atoms with Crippen LogP contribution in [0.5, 0.6) is 0 Å². The highest BCUT2D eigenvalue weighted by atomic mass is 31.2. The molecule has 2 amide bonds. The molecule has 0 fully saturated rings. The molecule has 0 aliphatic carbocycles. The van der Waals surface area contributed by atoms with Crippen LogP contribution in [0.4, 0.5) is 0 Å². The molecule has 0 radical (unpaired) electrons. The van der Waals surface area contributed by atoms with Crippen molar-refractivity contribution in [2.45, 2.75) is 50.7 Å². The number of hydrogen-bond donors (Lipinski definition) is 8. The van der Waals surface area contributed by atoms with E-state index >= 15 is 0 Å². The molecule has 0 saturated heterocycles. The zero-order valence-electron chi connectivity index (χ0n) is 15.3. The fourth-order valence-corrected chi connectivity index (χ4v) is 4.35. The molecule has 0 spiro atoms. The van der Waals surface area contributed by atoms with Crippen molar-refractivity contribution in [1.29, 1.82) is 0 Å². The fourth-order valence-electron chi connectivity index (χ4n) is 2.09. The molecule has 0 aromatic heterocycles. The van der Waals surface area contributed by atoms with E-state index in [0.29, 0.717) is 0 Å². The van der Waals surface area contributed by atoms with E-state index in [2.05, 4.69) is 10.6 Å². The van der Waals surface area contributed by atoms with Crippen molar-refractivity contribution >= 4 is 33.0 Å². The Hall–Kier alpha value is -1.33.